The molecule has 1 amide bonds. The lowest BCUT2D eigenvalue weighted by Gasteiger charge is -2.34. The van der Waals surface area contributed by atoms with E-state index in [1.807, 2.05) is 38.1 Å². The van der Waals surface area contributed by atoms with Gasteiger partial charge in [0.1, 0.15) is 17.4 Å². The van der Waals surface area contributed by atoms with E-state index in [0.717, 1.165) is 20.8 Å². The average molecular weight is 550 g/mol. The normalized spacial score (nSPS) is 12.8. The smallest absolute Gasteiger partial charge is 0.327 e. The summed E-state index contributed by atoms with van der Waals surface area (Å²) in [7, 11) is 0. The fourth-order valence-electron chi connectivity index (χ4n) is 4.49. The van der Waals surface area contributed by atoms with Crippen LogP contribution in [0.15, 0.2) is 71.1 Å². The molecule has 0 aliphatic heterocycles. The molecule has 204 valence electrons. The van der Waals surface area contributed by atoms with Gasteiger partial charge >= 0.3 is 5.97 Å². The number of amides is 1. The third-order valence-corrected chi connectivity index (χ3v) is 7.08. The Balaban J connectivity index is 1.52. The van der Waals surface area contributed by atoms with Crippen LogP contribution in [-0.4, -0.2) is 38.4 Å². The number of carbonyl (C=O) groups is 2. The Hall–Kier alpha value is -4.15. The van der Waals surface area contributed by atoms with Crippen LogP contribution in [0, 0.1) is 12.8 Å². The lowest BCUT2D eigenvalue weighted by molar-refractivity contribution is -0.139. The Morgan fingerprint density at radius 3 is 2.21 bits per heavy atom. The summed E-state index contributed by atoms with van der Waals surface area (Å²) in [6.07, 6.45) is 0. The number of nitrogens with one attached hydrogen (secondary N) is 1. The minimum atomic E-state index is -2.76. The summed E-state index contributed by atoms with van der Waals surface area (Å²) in [5.74, 6) is -1.16. The lowest BCUT2D eigenvalue weighted by atomic mass is 10.0. The molecule has 1 heterocycles. The van der Waals surface area contributed by atoms with Crippen molar-refractivity contribution in [1.82, 2.24) is 0 Å². The summed E-state index contributed by atoms with van der Waals surface area (Å²) < 4.78 is 36.1. The maximum Gasteiger partial charge on any atom is 0.327 e. The zero-order valence-electron chi connectivity index (χ0n) is 22.0. The molecule has 0 fully saturated rings. The second kappa shape index (κ2) is 11.7. The van der Waals surface area contributed by atoms with Gasteiger partial charge in [-0.25, -0.2) is 4.79 Å². The number of carbonyl (C=O) groups excluding carboxylic acids is 1. The van der Waals surface area contributed by atoms with Crippen molar-refractivity contribution in [3.05, 3.63) is 78.1 Å². The van der Waals surface area contributed by atoms with Gasteiger partial charge in [0.15, 0.2) is 5.76 Å². The van der Waals surface area contributed by atoms with Crippen molar-refractivity contribution in [2.75, 3.05) is 16.2 Å². The summed E-state index contributed by atoms with van der Waals surface area (Å²) in [4.78, 5) is 24.7. The predicted octanol–water partition coefficient (Wildman–Crippen LogP) is 5.77. The van der Waals surface area contributed by atoms with Gasteiger partial charge in [-0.15, -0.1) is 0 Å². The number of nitrogens with zero attached hydrogens (tertiary/aromatic N) is 1. The van der Waals surface area contributed by atoms with E-state index in [9.17, 15) is 23.5 Å². The van der Waals surface area contributed by atoms with E-state index in [4.69, 9.17) is 9.15 Å². The van der Waals surface area contributed by atoms with Gasteiger partial charge in [0.05, 0.1) is 12.0 Å². The molecule has 1 aromatic heterocycles. The first-order chi connectivity index (χ1) is 18.6. The molecule has 4 rings (SSSR count). The lowest BCUT2D eigenvalue weighted by Crippen LogP contribution is -2.45. The molecule has 10 heteroatoms. The van der Waals surface area contributed by atoms with E-state index < -0.39 is 29.2 Å². The number of ether oxygens (including phenoxy) is 1. The highest BCUT2D eigenvalue weighted by atomic mass is 32.2. The Morgan fingerprint density at radius 1 is 1.05 bits per heavy atom. The number of carboxylic acids is 1. The van der Waals surface area contributed by atoms with Crippen LogP contribution in [0.1, 0.15) is 36.9 Å². The van der Waals surface area contributed by atoms with Crippen LogP contribution in [0.3, 0.4) is 0 Å². The quantitative estimate of drug-likeness (QED) is 0.240. The number of hydrogen-bond donors (Lipinski definition) is 2. The summed E-state index contributed by atoms with van der Waals surface area (Å²) >= 11 is -2.76. The summed E-state index contributed by atoms with van der Waals surface area (Å²) in [6, 6.07) is 17.9. The molecule has 2 N–H and O–H groups in total. The topological polar surface area (TPSA) is 132 Å². The van der Waals surface area contributed by atoms with E-state index >= 15 is 0 Å². The van der Waals surface area contributed by atoms with Crippen LogP contribution in [0.25, 0.3) is 22.1 Å². The van der Waals surface area contributed by atoms with E-state index in [1.54, 1.807) is 56.3 Å². The Labute approximate surface area is 228 Å². The number of furan rings is 1. The van der Waals surface area contributed by atoms with Crippen molar-refractivity contribution in [2.45, 2.75) is 33.7 Å². The van der Waals surface area contributed by atoms with Gasteiger partial charge in [-0.2, -0.15) is 0 Å². The summed E-state index contributed by atoms with van der Waals surface area (Å²) in [5.41, 5.74) is 3.71. The number of hydrogen-bond acceptors (Lipinski definition) is 6. The molecule has 2 unspecified atom stereocenters. The largest absolute Gasteiger partial charge is 0.755 e. The van der Waals surface area contributed by atoms with Crippen molar-refractivity contribution in [1.29, 1.82) is 0 Å². The molecule has 0 aliphatic rings. The number of carboxylic acid groups (broad SMARTS) is 1. The number of aryl methyl sites for hydroxylation is 1. The summed E-state index contributed by atoms with van der Waals surface area (Å²) in [5, 5.41) is 13.2. The molecular weight excluding hydrogens is 520 g/mol. The third kappa shape index (κ3) is 5.81. The molecule has 3 aromatic carbocycles. The van der Waals surface area contributed by atoms with Crippen molar-refractivity contribution in [2.24, 2.45) is 5.92 Å². The monoisotopic (exact) mass is 549 g/mol. The standard InChI is InChI=1S/C29H30N2O7S/c1-5-37-23-7-6-8-24-25(23)18(4)27(38-24)28(32)30-21-13-9-19(10-14-21)20-11-15-22(16-12-20)31(39(35)36)26(17(2)3)29(33)34/h6-17,26H,5H2,1-4H3,(H,30,32)(H,33,34)(H,35,36)/p-1. The number of fused-ring (bicyclic) bond motifs is 1. The third-order valence-electron chi connectivity index (χ3n) is 6.32. The SMILES string of the molecule is CCOc1cccc2oc(C(=O)Nc3ccc(-c4ccc(N(C(C(=O)O)C(C)C)S(=O)[O-])cc4)cc3)c(C)c12. The molecule has 0 saturated carbocycles. The van der Waals surface area contributed by atoms with E-state index in [-0.39, 0.29) is 17.4 Å². The molecule has 0 radical (unpaired) electrons. The molecule has 0 bridgehead atoms. The van der Waals surface area contributed by atoms with Gasteiger partial charge in [-0.05, 0) is 67.3 Å². The van der Waals surface area contributed by atoms with Gasteiger partial charge in [-0.1, -0.05) is 44.2 Å². The molecular formula is C29H29N2O7S-. The maximum atomic E-state index is 13.0. The highest BCUT2D eigenvalue weighted by Crippen LogP contribution is 2.34. The Kier molecular flexibility index (Phi) is 8.37. The van der Waals surface area contributed by atoms with Gasteiger partial charge in [0, 0.05) is 28.2 Å². The number of aliphatic carboxylic acids is 1. The zero-order chi connectivity index (χ0) is 28.3. The predicted molar refractivity (Wildman–Crippen MR) is 150 cm³/mol. The van der Waals surface area contributed by atoms with Crippen molar-refractivity contribution in [3.63, 3.8) is 0 Å². The second-order valence-corrected chi connectivity index (χ2v) is 10.1. The molecule has 0 spiro atoms. The number of rotatable bonds is 10. The molecule has 0 saturated heterocycles. The van der Waals surface area contributed by atoms with E-state index in [1.165, 1.54) is 0 Å². The minimum Gasteiger partial charge on any atom is -0.755 e. The number of anilines is 2. The van der Waals surface area contributed by atoms with E-state index in [0.29, 0.717) is 29.2 Å². The fraction of sp³-hybridized carbons (Fsp3) is 0.241. The van der Waals surface area contributed by atoms with Crippen molar-refractivity contribution < 1.29 is 32.6 Å². The molecule has 39 heavy (non-hydrogen) atoms. The van der Waals surface area contributed by atoms with Crippen LogP contribution in [0.4, 0.5) is 11.4 Å². The van der Waals surface area contributed by atoms with Gasteiger partial charge < -0.3 is 24.1 Å². The Morgan fingerprint density at radius 2 is 1.67 bits per heavy atom. The van der Waals surface area contributed by atoms with Crippen LogP contribution in [-0.2, 0) is 16.1 Å². The molecule has 9 nitrogen and oxygen atoms in total. The fourth-order valence-corrected chi connectivity index (χ4v) is 5.30. The van der Waals surface area contributed by atoms with Crippen LogP contribution < -0.4 is 14.4 Å². The van der Waals surface area contributed by atoms with Crippen LogP contribution in [0.2, 0.25) is 0 Å². The van der Waals surface area contributed by atoms with Gasteiger partial charge in [0.2, 0.25) is 0 Å². The van der Waals surface area contributed by atoms with E-state index in [2.05, 4.69) is 5.32 Å². The van der Waals surface area contributed by atoms with Crippen LogP contribution in [0.5, 0.6) is 5.75 Å². The first-order valence-corrected chi connectivity index (χ1v) is 13.4. The summed E-state index contributed by atoms with van der Waals surface area (Å²) in [6.45, 7) is 7.52. The van der Waals surface area contributed by atoms with Gasteiger partial charge in [-0.3, -0.25) is 13.3 Å². The average Bonchev–Trinajstić information content (AvgIpc) is 3.24. The van der Waals surface area contributed by atoms with Gasteiger partial charge in [0.25, 0.3) is 5.91 Å². The first-order valence-electron chi connectivity index (χ1n) is 12.4. The maximum absolute atomic E-state index is 13.0. The molecule has 2 atom stereocenters. The zero-order valence-corrected chi connectivity index (χ0v) is 22.8. The minimum absolute atomic E-state index is 0.207. The molecule has 0 aliphatic carbocycles. The first kappa shape index (κ1) is 27.9. The van der Waals surface area contributed by atoms with Crippen molar-refractivity contribution >= 4 is 45.5 Å². The van der Waals surface area contributed by atoms with Crippen LogP contribution >= 0.6 is 0 Å². The number of benzene rings is 3. The van der Waals surface area contributed by atoms with Crippen molar-refractivity contribution in [3.8, 4) is 16.9 Å². The second-order valence-electron chi connectivity index (χ2n) is 9.27. The highest BCUT2D eigenvalue weighted by molar-refractivity contribution is 7.80. The Bertz CT molecular complexity index is 1510. The molecule has 4 aromatic rings. The highest BCUT2D eigenvalue weighted by Gasteiger charge is 2.30.